The van der Waals surface area contributed by atoms with E-state index in [2.05, 4.69) is 16.7 Å². The van der Waals surface area contributed by atoms with Gasteiger partial charge in [-0.2, -0.15) is 9.68 Å². The van der Waals surface area contributed by atoms with Crippen molar-refractivity contribution in [2.24, 2.45) is 0 Å². The minimum Gasteiger partial charge on any atom is -0.447 e. The zero-order valence-corrected chi connectivity index (χ0v) is 26.4. The molecule has 0 aliphatic heterocycles. The average Bonchev–Trinajstić information content (AvgIpc) is 2.94. The summed E-state index contributed by atoms with van der Waals surface area (Å²) in [6.07, 6.45) is 38.3. The lowest BCUT2D eigenvalue weighted by Gasteiger charge is -2.05. The molecule has 0 unspecified atom stereocenters. The summed E-state index contributed by atoms with van der Waals surface area (Å²) in [5.41, 5.74) is 0. The Bertz CT molecular complexity index is 525. The molecule has 0 aromatic carbocycles. The number of carboxylic acid groups (broad SMARTS) is 1. The fraction of sp³-hybridized carbons (Fsp3) is 0.941. The van der Waals surface area contributed by atoms with E-state index in [1.54, 1.807) is 0 Å². The Balaban J connectivity index is 3.07. The summed E-state index contributed by atoms with van der Waals surface area (Å²) in [5.74, 6) is 0. The number of hydrogen-bond acceptors (Lipinski definition) is 5. The van der Waals surface area contributed by atoms with Gasteiger partial charge in [0.1, 0.15) is 0 Å². The van der Waals surface area contributed by atoms with E-state index in [-0.39, 0.29) is 6.61 Å². The first-order valence-corrected chi connectivity index (χ1v) is 17.4. The van der Waals surface area contributed by atoms with Crippen molar-refractivity contribution in [3.8, 4) is 0 Å². The predicted octanol–water partition coefficient (Wildman–Crippen LogP) is 12.5. The number of carbonyl (C=O) groups excluding carboxylic acids is 1. The van der Waals surface area contributed by atoms with Crippen LogP contribution in [0.1, 0.15) is 200 Å². The van der Waals surface area contributed by atoms with E-state index in [1.165, 1.54) is 173 Å². The molecular formula is C34H66O6. The molecule has 0 aromatic heterocycles. The van der Waals surface area contributed by atoms with Gasteiger partial charge in [-0.1, -0.05) is 193 Å². The van der Waals surface area contributed by atoms with Gasteiger partial charge in [0.25, 0.3) is 0 Å². The molecule has 0 aliphatic carbocycles. The lowest BCUT2D eigenvalue weighted by molar-refractivity contribution is -0.213. The van der Waals surface area contributed by atoms with Crippen LogP contribution in [-0.2, 0) is 14.5 Å². The van der Waals surface area contributed by atoms with Crippen molar-refractivity contribution in [2.45, 2.75) is 200 Å². The van der Waals surface area contributed by atoms with E-state index in [1.807, 2.05) is 0 Å². The molecule has 40 heavy (non-hydrogen) atoms. The van der Waals surface area contributed by atoms with Crippen molar-refractivity contribution < 1.29 is 29.2 Å². The molecule has 6 nitrogen and oxygen atoms in total. The van der Waals surface area contributed by atoms with Gasteiger partial charge in [0.2, 0.25) is 0 Å². The summed E-state index contributed by atoms with van der Waals surface area (Å²) in [7, 11) is 0. The maximum atomic E-state index is 11.0. The zero-order valence-electron chi connectivity index (χ0n) is 26.4. The average molecular weight is 571 g/mol. The number of carbonyl (C=O) groups is 2. The van der Waals surface area contributed by atoms with E-state index in [4.69, 9.17) is 9.84 Å². The third-order valence-electron chi connectivity index (χ3n) is 7.90. The standard InChI is InChI=1S/C34H66O6/c1-2-3-4-5-6-7-8-9-10-11-12-13-14-15-16-17-18-19-20-21-22-23-24-25-26-27-28-29-30-31-32-38-34(37)40-39-33(35)36/h2-32H2,1H3,(H,35,36). The Morgan fingerprint density at radius 1 is 0.400 bits per heavy atom. The van der Waals surface area contributed by atoms with Gasteiger partial charge >= 0.3 is 12.3 Å². The van der Waals surface area contributed by atoms with Crippen LogP contribution in [0.5, 0.6) is 0 Å². The van der Waals surface area contributed by atoms with Crippen LogP contribution in [0.2, 0.25) is 0 Å². The molecule has 0 saturated carbocycles. The second kappa shape index (κ2) is 33.7. The molecule has 0 amide bonds. The van der Waals surface area contributed by atoms with Crippen molar-refractivity contribution >= 4 is 12.3 Å². The van der Waals surface area contributed by atoms with E-state index >= 15 is 0 Å². The predicted molar refractivity (Wildman–Crippen MR) is 166 cm³/mol. The zero-order chi connectivity index (χ0) is 29.2. The van der Waals surface area contributed by atoms with Crippen LogP contribution < -0.4 is 0 Å². The van der Waals surface area contributed by atoms with Crippen LogP contribution in [0.25, 0.3) is 0 Å². The quantitative estimate of drug-likeness (QED) is 0.0386. The van der Waals surface area contributed by atoms with E-state index < -0.39 is 12.3 Å². The molecule has 0 heterocycles. The Morgan fingerprint density at radius 2 is 0.650 bits per heavy atom. The number of unbranched alkanes of at least 4 members (excludes halogenated alkanes) is 29. The first-order chi connectivity index (χ1) is 19.7. The minimum absolute atomic E-state index is 0.224. The SMILES string of the molecule is CCCCCCCCCCCCCCCCCCCCCCCCCCCCCCCCOC(=O)OOC(=O)O. The van der Waals surface area contributed by atoms with Crippen LogP contribution >= 0.6 is 0 Å². The largest absolute Gasteiger partial charge is 0.549 e. The van der Waals surface area contributed by atoms with Gasteiger partial charge in [-0.05, 0) is 6.42 Å². The Hall–Kier alpha value is -1.46. The highest BCUT2D eigenvalue weighted by molar-refractivity contribution is 5.62. The second-order valence-corrected chi connectivity index (χ2v) is 11.8. The number of hydrogen-bond donors (Lipinski definition) is 1. The van der Waals surface area contributed by atoms with Crippen molar-refractivity contribution in [3.05, 3.63) is 0 Å². The fourth-order valence-electron chi connectivity index (χ4n) is 5.37. The van der Waals surface area contributed by atoms with Gasteiger partial charge in [-0.25, -0.2) is 9.68 Å². The summed E-state index contributed by atoms with van der Waals surface area (Å²) in [6.45, 7) is 2.52. The molecule has 0 aliphatic rings. The summed E-state index contributed by atoms with van der Waals surface area (Å²) < 4.78 is 4.71. The highest BCUT2D eigenvalue weighted by atomic mass is 17.3. The van der Waals surface area contributed by atoms with Crippen LogP contribution in [0.3, 0.4) is 0 Å². The molecular weight excluding hydrogens is 504 g/mol. The smallest absolute Gasteiger partial charge is 0.447 e. The van der Waals surface area contributed by atoms with Crippen LogP contribution in [0.4, 0.5) is 9.59 Å². The molecule has 0 bridgehead atoms. The molecule has 1 N–H and O–H groups in total. The minimum atomic E-state index is -1.67. The highest BCUT2D eigenvalue weighted by Gasteiger charge is 2.08. The van der Waals surface area contributed by atoms with E-state index in [0.29, 0.717) is 0 Å². The van der Waals surface area contributed by atoms with Gasteiger partial charge in [0, 0.05) is 0 Å². The van der Waals surface area contributed by atoms with Crippen LogP contribution in [-0.4, -0.2) is 24.0 Å². The summed E-state index contributed by atoms with van der Waals surface area (Å²) >= 11 is 0. The molecule has 0 aromatic rings. The molecule has 238 valence electrons. The lowest BCUT2D eigenvalue weighted by Crippen LogP contribution is -2.11. The second-order valence-electron chi connectivity index (χ2n) is 11.8. The highest BCUT2D eigenvalue weighted by Crippen LogP contribution is 2.16. The molecule has 0 saturated heterocycles. The summed E-state index contributed by atoms with van der Waals surface area (Å²) in [6, 6.07) is 0. The van der Waals surface area contributed by atoms with Crippen LogP contribution in [0, 0.1) is 0 Å². The first-order valence-electron chi connectivity index (χ1n) is 17.4. The van der Waals surface area contributed by atoms with E-state index in [0.717, 1.165) is 19.3 Å². The van der Waals surface area contributed by atoms with Crippen molar-refractivity contribution in [3.63, 3.8) is 0 Å². The molecule has 0 atom stereocenters. The van der Waals surface area contributed by atoms with Gasteiger partial charge in [-0.3, -0.25) is 0 Å². The fourth-order valence-corrected chi connectivity index (χ4v) is 5.37. The van der Waals surface area contributed by atoms with E-state index in [9.17, 15) is 9.59 Å². The number of rotatable bonds is 31. The van der Waals surface area contributed by atoms with Gasteiger partial charge in [-0.15, -0.1) is 0 Å². The van der Waals surface area contributed by atoms with Gasteiger partial charge < -0.3 is 9.84 Å². The first kappa shape index (κ1) is 38.5. The maximum Gasteiger partial charge on any atom is 0.549 e. The molecule has 6 heteroatoms. The maximum absolute atomic E-state index is 11.0. The van der Waals surface area contributed by atoms with Crippen LogP contribution in [0.15, 0.2) is 0 Å². The summed E-state index contributed by atoms with van der Waals surface area (Å²) in [4.78, 5) is 28.6. The lowest BCUT2D eigenvalue weighted by atomic mass is 10.0. The molecule has 0 fully saturated rings. The normalized spacial score (nSPS) is 11.0. The van der Waals surface area contributed by atoms with Crippen molar-refractivity contribution in [2.75, 3.05) is 6.61 Å². The van der Waals surface area contributed by atoms with Gasteiger partial charge in [0.15, 0.2) is 0 Å². The van der Waals surface area contributed by atoms with Gasteiger partial charge in [0.05, 0.1) is 6.61 Å². The molecule has 0 spiro atoms. The molecule has 0 radical (unpaired) electrons. The Kier molecular flexibility index (Phi) is 32.5. The number of ether oxygens (including phenoxy) is 1. The third kappa shape index (κ3) is 34.6. The molecule has 0 rings (SSSR count). The third-order valence-corrected chi connectivity index (χ3v) is 7.90. The monoisotopic (exact) mass is 570 g/mol. The Labute approximate surface area is 247 Å². The van der Waals surface area contributed by atoms with Crippen molar-refractivity contribution in [1.82, 2.24) is 0 Å². The Morgan fingerprint density at radius 3 is 0.900 bits per heavy atom. The summed E-state index contributed by atoms with van der Waals surface area (Å²) in [5, 5.41) is 8.19. The topological polar surface area (TPSA) is 82.1 Å². The van der Waals surface area contributed by atoms with Crippen molar-refractivity contribution in [1.29, 1.82) is 0 Å².